The molecule has 0 spiro atoms. The molecule has 1 fully saturated rings. The summed E-state index contributed by atoms with van der Waals surface area (Å²) >= 11 is 0. The number of likely N-dealkylation sites (N-methyl/N-ethyl adjacent to an activating group) is 1. The van der Waals surface area contributed by atoms with Gasteiger partial charge >= 0.3 is 6.09 Å². The smallest absolute Gasteiger partial charge is 0.410 e. The number of rotatable bonds is 10. The number of aromatic nitrogens is 2. The number of fused-ring (bicyclic) bond motifs is 1. The Balaban J connectivity index is 1.56. The summed E-state index contributed by atoms with van der Waals surface area (Å²) in [7, 11) is 1.46. The van der Waals surface area contributed by atoms with Crippen molar-refractivity contribution >= 4 is 29.5 Å². The van der Waals surface area contributed by atoms with E-state index in [1.807, 2.05) is 32.9 Å². The van der Waals surface area contributed by atoms with Crippen LogP contribution in [-0.4, -0.2) is 110 Å². The number of β-amino-alcohol motifs (C(OH)–C–C–N with tert-alkyl or cyclic N) is 1. The average Bonchev–Trinajstić information content (AvgIpc) is 3.62. The van der Waals surface area contributed by atoms with Crippen LogP contribution in [-0.2, 0) is 20.7 Å². The molecule has 1 aromatic carbocycles. The lowest BCUT2D eigenvalue weighted by Gasteiger charge is -2.38. The lowest BCUT2D eigenvalue weighted by Crippen LogP contribution is -2.59. The van der Waals surface area contributed by atoms with Crippen LogP contribution < -0.4 is 5.32 Å². The van der Waals surface area contributed by atoms with Crippen LogP contribution in [0.15, 0.2) is 54.9 Å². The maximum absolute atomic E-state index is 14.3. The number of pyridine rings is 1. The highest BCUT2D eigenvalue weighted by atomic mass is 19.1. The number of nitrogens with one attached hydrogen (secondary N) is 1. The van der Waals surface area contributed by atoms with Gasteiger partial charge in [0.25, 0.3) is 5.91 Å². The number of likely N-dealkylation sites (tertiary alicyclic amines) is 1. The molecule has 266 valence electrons. The second-order valence-electron chi connectivity index (χ2n) is 14.8. The van der Waals surface area contributed by atoms with Gasteiger partial charge in [-0.2, -0.15) is 0 Å². The molecule has 1 aliphatic rings. The van der Waals surface area contributed by atoms with Crippen molar-refractivity contribution in [1.29, 1.82) is 0 Å². The summed E-state index contributed by atoms with van der Waals surface area (Å²) in [6.45, 7) is 12.6. The lowest BCUT2D eigenvalue weighted by atomic mass is 9.85. The molecule has 1 saturated heterocycles. The Hall–Kier alpha value is -4.52. The number of amides is 4. The number of aliphatic hydroxyl groups is 1. The van der Waals surface area contributed by atoms with Crippen LogP contribution >= 0.6 is 0 Å². The molecule has 4 atom stereocenters. The van der Waals surface area contributed by atoms with Gasteiger partial charge in [0.2, 0.25) is 11.8 Å². The number of carbonyl (C=O) groups is 4. The SMILES string of the molecule is C[C@@H](C(=O)N[C@H](C(=O)N1C[C@H](O)C[C@H]1CN(CCc1ccc(F)cc1)C(=O)c1cn2ccccc2n1)C(C)(C)C)N(C)C(=O)OC(C)(C)C. The number of halogens is 1. The summed E-state index contributed by atoms with van der Waals surface area (Å²) in [6.07, 6.45) is 2.57. The maximum Gasteiger partial charge on any atom is 0.410 e. The molecule has 3 heterocycles. The number of nitrogens with zero attached hydrogens (tertiary/aromatic N) is 5. The zero-order chi connectivity index (χ0) is 36.3. The van der Waals surface area contributed by atoms with Crippen LogP contribution in [0.25, 0.3) is 5.65 Å². The minimum absolute atomic E-state index is 0.0215. The summed E-state index contributed by atoms with van der Waals surface area (Å²) in [4.78, 5) is 63.2. The molecule has 0 aliphatic carbocycles. The van der Waals surface area contributed by atoms with E-state index >= 15 is 0 Å². The molecule has 0 radical (unpaired) electrons. The van der Waals surface area contributed by atoms with Gasteiger partial charge in [0.15, 0.2) is 0 Å². The predicted molar refractivity (Wildman–Crippen MR) is 182 cm³/mol. The number of benzene rings is 1. The van der Waals surface area contributed by atoms with Crippen LogP contribution in [0.5, 0.6) is 0 Å². The minimum Gasteiger partial charge on any atom is -0.444 e. The van der Waals surface area contributed by atoms with Gasteiger partial charge in [0.1, 0.15) is 34.8 Å². The largest absolute Gasteiger partial charge is 0.444 e. The first kappa shape index (κ1) is 37.3. The van der Waals surface area contributed by atoms with Gasteiger partial charge in [0.05, 0.1) is 12.1 Å². The average molecular weight is 681 g/mol. The van der Waals surface area contributed by atoms with Crippen LogP contribution in [0.3, 0.4) is 0 Å². The van der Waals surface area contributed by atoms with Gasteiger partial charge in [-0.05, 0) is 75.8 Å². The molecule has 0 bridgehead atoms. The zero-order valence-corrected chi connectivity index (χ0v) is 29.6. The molecular weight excluding hydrogens is 631 g/mol. The highest BCUT2D eigenvalue weighted by molar-refractivity contribution is 5.93. The molecule has 0 unspecified atom stereocenters. The molecule has 4 amide bonds. The van der Waals surface area contributed by atoms with E-state index in [1.54, 1.807) is 67.6 Å². The second-order valence-corrected chi connectivity index (χ2v) is 14.8. The van der Waals surface area contributed by atoms with E-state index in [1.165, 1.54) is 29.0 Å². The maximum atomic E-state index is 14.3. The summed E-state index contributed by atoms with van der Waals surface area (Å²) in [5.41, 5.74) is 0.159. The van der Waals surface area contributed by atoms with Gasteiger partial charge in [-0.25, -0.2) is 14.2 Å². The van der Waals surface area contributed by atoms with E-state index in [4.69, 9.17) is 4.74 Å². The topological polar surface area (TPSA) is 137 Å². The Kier molecular flexibility index (Phi) is 11.4. The van der Waals surface area contributed by atoms with Crippen LogP contribution in [0.4, 0.5) is 9.18 Å². The predicted octanol–water partition coefficient (Wildman–Crippen LogP) is 3.91. The van der Waals surface area contributed by atoms with Crippen molar-refractivity contribution in [3.63, 3.8) is 0 Å². The first-order valence-electron chi connectivity index (χ1n) is 16.6. The van der Waals surface area contributed by atoms with Crippen molar-refractivity contribution in [2.45, 2.75) is 91.1 Å². The lowest BCUT2D eigenvalue weighted by molar-refractivity contribution is -0.141. The van der Waals surface area contributed by atoms with Crippen LogP contribution in [0, 0.1) is 11.2 Å². The first-order chi connectivity index (χ1) is 22.8. The number of ether oxygens (including phenoxy) is 1. The van der Waals surface area contributed by atoms with Crippen molar-refractivity contribution in [2.75, 3.05) is 26.7 Å². The third-order valence-corrected chi connectivity index (χ3v) is 8.60. The number of carbonyl (C=O) groups excluding carboxylic acids is 4. The molecule has 1 aliphatic heterocycles. The molecule has 12 nitrogen and oxygen atoms in total. The third kappa shape index (κ3) is 9.56. The summed E-state index contributed by atoms with van der Waals surface area (Å²) in [6, 6.07) is 8.98. The fourth-order valence-electron chi connectivity index (χ4n) is 5.73. The fraction of sp³-hybridized carbons (Fsp3) is 0.528. The molecule has 49 heavy (non-hydrogen) atoms. The molecule has 4 rings (SSSR count). The standard InChI is InChI=1S/C36H49FN6O6/c1-23(40(8)34(48)49-36(5,6)7)31(45)39-30(35(2,3)4)33(47)43-21-27(44)19-26(43)20-42(18-16-24-12-14-25(37)15-13-24)32(46)28-22-41-17-10-9-11-29(41)38-28/h9-15,17,22-23,26-27,30,44H,16,18-21H2,1-8H3,(H,39,45)/t23-,26-,27+,30+/m0/s1. The molecule has 2 aromatic heterocycles. The van der Waals surface area contributed by atoms with Crippen molar-refractivity contribution in [3.8, 4) is 0 Å². The van der Waals surface area contributed by atoms with E-state index < -0.39 is 53.2 Å². The van der Waals surface area contributed by atoms with E-state index in [0.717, 1.165) is 5.56 Å². The summed E-state index contributed by atoms with van der Waals surface area (Å²) < 4.78 is 20.7. The number of hydrogen-bond donors (Lipinski definition) is 2. The van der Waals surface area contributed by atoms with Crippen molar-refractivity contribution in [2.24, 2.45) is 5.41 Å². The summed E-state index contributed by atoms with van der Waals surface area (Å²) in [5, 5.41) is 13.7. The number of hydrogen-bond acceptors (Lipinski definition) is 7. The molecule has 3 aromatic rings. The number of imidazole rings is 1. The van der Waals surface area contributed by atoms with E-state index in [0.29, 0.717) is 12.1 Å². The van der Waals surface area contributed by atoms with Crippen LogP contribution in [0.1, 0.15) is 70.9 Å². The van der Waals surface area contributed by atoms with Crippen LogP contribution in [0.2, 0.25) is 0 Å². The first-order valence-corrected chi connectivity index (χ1v) is 16.6. The summed E-state index contributed by atoms with van der Waals surface area (Å²) in [5.74, 6) is -1.66. The Morgan fingerprint density at radius 2 is 1.76 bits per heavy atom. The van der Waals surface area contributed by atoms with Crippen molar-refractivity contribution < 1.29 is 33.4 Å². The third-order valence-electron chi connectivity index (χ3n) is 8.60. The van der Waals surface area contributed by atoms with Gasteiger partial charge in [-0.1, -0.05) is 39.0 Å². The van der Waals surface area contributed by atoms with E-state index in [-0.39, 0.29) is 43.5 Å². The Morgan fingerprint density at radius 3 is 2.37 bits per heavy atom. The van der Waals surface area contributed by atoms with E-state index in [2.05, 4.69) is 10.3 Å². The Bertz CT molecular complexity index is 1610. The molecule has 13 heteroatoms. The van der Waals surface area contributed by atoms with Gasteiger partial charge in [-0.15, -0.1) is 0 Å². The quantitative estimate of drug-likeness (QED) is 0.332. The molecule has 2 N–H and O–H groups in total. The Labute approximate surface area is 287 Å². The fourth-order valence-corrected chi connectivity index (χ4v) is 5.73. The highest BCUT2D eigenvalue weighted by Gasteiger charge is 2.43. The van der Waals surface area contributed by atoms with E-state index in [9.17, 15) is 28.7 Å². The minimum atomic E-state index is -1.01. The normalized spacial score (nSPS) is 17.8. The van der Waals surface area contributed by atoms with Crippen molar-refractivity contribution in [3.05, 3.63) is 71.9 Å². The second kappa shape index (κ2) is 14.9. The van der Waals surface area contributed by atoms with Crippen molar-refractivity contribution in [1.82, 2.24) is 29.4 Å². The molecule has 0 saturated carbocycles. The van der Waals surface area contributed by atoms with Gasteiger partial charge in [-0.3, -0.25) is 19.3 Å². The highest BCUT2D eigenvalue weighted by Crippen LogP contribution is 2.27. The Morgan fingerprint density at radius 1 is 1.08 bits per heavy atom. The van der Waals surface area contributed by atoms with Gasteiger partial charge in [0, 0.05) is 39.1 Å². The molecular formula is C36H49FN6O6. The zero-order valence-electron chi connectivity index (χ0n) is 29.6. The number of aliphatic hydroxyl groups excluding tert-OH is 1. The monoisotopic (exact) mass is 680 g/mol. The van der Waals surface area contributed by atoms with Gasteiger partial charge < -0.3 is 29.4 Å².